The molecule has 1 aromatic heterocycles. The second-order valence-corrected chi connectivity index (χ2v) is 8.29. The fourth-order valence-electron chi connectivity index (χ4n) is 2.52. The van der Waals surface area contributed by atoms with Crippen LogP contribution in [0.3, 0.4) is 0 Å². The zero-order valence-corrected chi connectivity index (χ0v) is 14.1. The molecule has 0 bridgehead atoms. The zero-order chi connectivity index (χ0) is 17.3. The summed E-state index contributed by atoms with van der Waals surface area (Å²) in [5.41, 5.74) is 0.794. The fourth-order valence-corrected chi connectivity index (χ4v) is 4.28. The van der Waals surface area contributed by atoms with Gasteiger partial charge in [-0.15, -0.1) is 0 Å². The van der Waals surface area contributed by atoms with Crippen molar-refractivity contribution in [3.63, 3.8) is 0 Å². The number of nitrogens with two attached hydrogens (primary N) is 1. The van der Waals surface area contributed by atoms with Gasteiger partial charge in [0.1, 0.15) is 9.96 Å². The van der Waals surface area contributed by atoms with Crippen molar-refractivity contribution in [1.82, 2.24) is 0 Å². The van der Waals surface area contributed by atoms with Crippen LogP contribution in [0, 0.1) is 16.0 Å². The number of hydrogen-bond acceptors (Lipinski definition) is 7. The highest BCUT2D eigenvalue weighted by atomic mass is 32.2. The molecule has 128 valence electrons. The maximum Gasteiger partial charge on any atom is 0.304 e. The van der Waals surface area contributed by atoms with Crippen molar-refractivity contribution in [1.29, 1.82) is 0 Å². The van der Waals surface area contributed by atoms with Gasteiger partial charge in [-0.25, -0.2) is 13.6 Å². The summed E-state index contributed by atoms with van der Waals surface area (Å²) in [6.07, 6.45) is 0.782. The summed E-state index contributed by atoms with van der Waals surface area (Å²) in [6.45, 7) is 0.922. The number of hydrogen-bond donors (Lipinski definition) is 2. The Kier molecular flexibility index (Phi) is 4.43. The molecule has 1 aliphatic heterocycles. The number of anilines is 1. The molecule has 0 fully saturated rings. The molecule has 0 spiro atoms. The number of thiophene rings is 1. The standard InChI is InChI=1S/C14H15N3O5S2/c15-24(20,21)13-6-11(17(18)19)14(23-13)16-7-9-5-10-3-1-2-4-12(10)22-8-9/h1-4,6,9,16H,5,7-8H2,(H2,15,20,21)/t9-/m1/s1. The van der Waals surface area contributed by atoms with Gasteiger partial charge in [0.25, 0.3) is 0 Å². The average molecular weight is 369 g/mol. The fraction of sp³-hybridized carbons (Fsp3) is 0.286. The Morgan fingerprint density at radius 3 is 2.88 bits per heavy atom. The van der Waals surface area contributed by atoms with Gasteiger partial charge >= 0.3 is 5.69 Å². The lowest BCUT2D eigenvalue weighted by Gasteiger charge is -2.25. The number of ether oxygens (including phenoxy) is 1. The van der Waals surface area contributed by atoms with Gasteiger partial charge in [0.15, 0.2) is 5.00 Å². The lowest BCUT2D eigenvalue weighted by Crippen LogP contribution is -2.27. The van der Waals surface area contributed by atoms with E-state index in [9.17, 15) is 18.5 Å². The average Bonchev–Trinajstić information content (AvgIpc) is 2.97. The highest BCUT2D eigenvalue weighted by Crippen LogP contribution is 2.37. The molecular formula is C14H15N3O5S2. The SMILES string of the molecule is NS(=O)(=O)c1cc([N+](=O)[O-])c(NC[C@@H]2COc3ccccc3C2)s1. The molecule has 3 N–H and O–H groups in total. The third-order valence-corrected chi connectivity index (χ3v) is 6.18. The molecule has 2 heterocycles. The van der Waals surface area contributed by atoms with Gasteiger partial charge in [-0.05, 0) is 18.1 Å². The second kappa shape index (κ2) is 6.38. The quantitative estimate of drug-likeness (QED) is 0.613. The van der Waals surface area contributed by atoms with Crippen molar-refractivity contribution in [2.75, 3.05) is 18.5 Å². The normalized spacial score (nSPS) is 17.0. The van der Waals surface area contributed by atoms with E-state index in [-0.39, 0.29) is 20.8 Å². The number of nitro groups is 1. The summed E-state index contributed by atoms with van der Waals surface area (Å²) in [4.78, 5) is 10.5. The lowest BCUT2D eigenvalue weighted by molar-refractivity contribution is -0.383. The zero-order valence-electron chi connectivity index (χ0n) is 12.5. The van der Waals surface area contributed by atoms with E-state index < -0.39 is 14.9 Å². The van der Waals surface area contributed by atoms with Crippen molar-refractivity contribution in [2.45, 2.75) is 10.6 Å². The van der Waals surface area contributed by atoms with Gasteiger partial charge in [0.2, 0.25) is 10.0 Å². The molecule has 0 radical (unpaired) electrons. The first kappa shape index (κ1) is 16.7. The number of rotatable bonds is 5. The Balaban J connectivity index is 1.73. The van der Waals surface area contributed by atoms with Gasteiger partial charge in [-0.2, -0.15) is 0 Å². The third-order valence-electron chi connectivity index (χ3n) is 3.67. The largest absolute Gasteiger partial charge is 0.493 e. The molecule has 3 rings (SSSR count). The minimum absolute atomic E-state index is 0.125. The predicted molar refractivity (Wildman–Crippen MR) is 90.0 cm³/mol. The molecule has 0 unspecified atom stereocenters. The highest BCUT2D eigenvalue weighted by molar-refractivity contribution is 7.91. The van der Waals surface area contributed by atoms with Crippen molar-refractivity contribution < 1.29 is 18.1 Å². The van der Waals surface area contributed by atoms with E-state index in [0.29, 0.717) is 13.2 Å². The number of para-hydroxylation sites is 1. The number of benzene rings is 1. The van der Waals surface area contributed by atoms with Gasteiger partial charge in [0, 0.05) is 18.5 Å². The lowest BCUT2D eigenvalue weighted by atomic mass is 9.97. The summed E-state index contributed by atoms with van der Waals surface area (Å²) >= 11 is 0.762. The van der Waals surface area contributed by atoms with Crippen LogP contribution in [0.2, 0.25) is 0 Å². The molecule has 0 saturated heterocycles. The minimum Gasteiger partial charge on any atom is -0.493 e. The van der Waals surface area contributed by atoms with E-state index in [1.165, 1.54) is 0 Å². The second-order valence-electron chi connectivity index (χ2n) is 5.45. The maximum absolute atomic E-state index is 11.4. The maximum atomic E-state index is 11.4. The Morgan fingerprint density at radius 1 is 1.42 bits per heavy atom. The first-order valence-electron chi connectivity index (χ1n) is 7.10. The first-order valence-corrected chi connectivity index (χ1v) is 9.46. The van der Waals surface area contributed by atoms with Crippen LogP contribution < -0.4 is 15.2 Å². The minimum atomic E-state index is -3.97. The van der Waals surface area contributed by atoms with Crippen molar-refractivity contribution in [3.05, 3.63) is 46.0 Å². The van der Waals surface area contributed by atoms with Gasteiger partial charge in [0.05, 0.1) is 11.5 Å². The van der Waals surface area contributed by atoms with E-state index in [4.69, 9.17) is 9.88 Å². The van der Waals surface area contributed by atoms with Crippen LogP contribution in [0.15, 0.2) is 34.5 Å². The first-order chi connectivity index (χ1) is 11.3. The van der Waals surface area contributed by atoms with Crippen molar-refractivity contribution in [3.8, 4) is 5.75 Å². The van der Waals surface area contributed by atoms with E-state index in [1.807, 2.05) is 24.3 Å². The van der Waals surface area contributed by atoms with Crippen molar-refractivity contribution >= 4 is 32.0 Å². The number of sulfonamides is 1. The van der Waals surface area contributed by atoms with E-state index >= 15 is 0 Å². The van der Waals surface area contributed by atoms with Crippen LogP contribution in [-0.4, -0.2) is 26.5 Å². The van der Waals surface area contributed by atoms with Gasteiger partial charge < -0.3 is 10.1 Å². The van der Waals surface area contributed by atoms with Crippen LogP contribution in [0.25, 0.3) is 0 Å². The molecule has 2 aromatic rings. The molecular weight excluding hydrogens is 354 g/mol. The molecule has 1 atom stereocenters. The van der Waals surface area contributed by atoms with Gasteiger partial charge in [-0.3, -0.25) is 10.1 Å². The summed E-state index contributed by atoms with van der Waals surface area (Å²) < 4.78 is 28.2. The van der Waals surface area contributed by atoms with Crippen LogP contribution in [0.4, 0.5) is 10.7 Å². The van der Waals surface area contributed by atoms with E-state index in [2.05, 4.69) is 5.32 Å². The van der Waals surface area contributed by atoms with Crippen LogP contribution in [0.1, 0.15) is 5.56 Å². The number of primary sulfonamides is 1. The molecule has 1 aliphatic rings. The topological polar surface area (TPSA) is 125 Å². The monoisotopic (exact) mass is 369 g/mol. The number of nitrogens with zero attached hydrogens (tertiary/aromatic N) is 1. The van der Waals surface area contributed by atoms with E-state index in [0.717, 1.165) is 35.1 Å². The van der Waals surface area contributed by atoms with E-state index in [1.54, 1.807) is 0 Å². The Bertz CT molecular complexity index is 878. The highest BCUT2D eigenvalue weighted by Gasteiger charge is 2.25. The molecule has 0 saturated carbocycles. The van der Waals surface area contributed by atoms with Crippen LogP contribution >= 0.6 is 11.3 Å². The molecule has 24 heavy (non-hydrogen) atoms. The smallest absolute Gasteiger partial charge is 0.304 e. The van der Waals surface area contributed by atoms with Crippen molar-refractivity contribution in [2.24, 2.45) is 11.1 Å². The number of nitrogens with one attached hydrogen (secondary N) is 1. The van der Waals surface area contributed by atoms with Gasteiger partial charge in [-0.1, -0.05) is 29.5 Å². The molecule has 0 amide bonds. The predicted octanol–water partition coefficient (Wildman–Crippen LogP) is 1.97. The molecule has 10 heteroatoms. The third kappa shape index (κ3) is 3.50. The Hall–Kier alpha value is -2.17. The molecule has 0 aliphatic carbocycles. The molecule has 1 aromatic carbocycles. The Labute approximate surface area is 142 Å². The summed E-state index contributed by atoms with van der Waals surface area (Å²) in [5, 5.41) is 19.3. The summed E-state index contributed by atoms with van der Waals surface area (Å²) in [5.74, 6) is 0.979. The summed E-state index contributed by atoms with van der Waals surface area (Å²) in [6, 6.07) is 8.70. The summed E-state index contributed by atoms with van der Waals surface area (Å²) in [7, 11) is -3.97. The Morgan fingerprint density at radius 2 is 2.17 bits per heavy atom. The van der Waals surface area contributed by atoms with Crippen LogP contribution in [0.5, 0.6) is 5.75 Å². The molecule has 8 nitrogen and oxygen atoms in total. The number of fused-ring (bicyclic) bond motifs is 1. The van der Waals surface area contributed by atoms with Crippen LogP contribution in [-0.2, 0) is 16.4 Å².